The van der Waals surface area contributed by atoms with Gasteiger partial charge >= 0.3 is 12.1 Å². The largest absolute Gasteiger partial charge is 0.460 e. The Balaban J connectivity index is 2.79. The van der Waals surface area contributed by atoms with Crippen LogP contribution in [0.5, 0.6) is 0 Å². The molecule has 0 saturated heterocycles. The van der Waals surface area contributed by atoms with E-state index in [0.29, 0.717) is 0 Å². The standard InChI is InChI=1S/C23H34N2O6S/c1-16(2)20(25-22(28)30-15-17-10-8-7-9-11-17)21(27)24-18(12-13-32(6)29)14-19(26)31-23(3,4)5/h7-13,16,18,20H,14-15H2,1-6H3,(H,24,27)(H,25,28)/b13-12+/t18-,20?,32?/m1/s1. The molecule has 0 aliphatic carbocycles. The van der Waals surface area contributed by atoms with E-state index in [1.54, 1.807) is 34.6 Å². The molecule has 0 fully saturated rings. The van der Waals surface area contributed by atoms with Crippen LogP contribution in [0.4, 0.5) is 4.79 Å². The van der Waals surface area contributed by atoms with Crippen LogP contribution >= 0.6 is 0 Å². The van der Waals surface area contributed by atoms with E-state index in [1.807, 2.05) is 30.3 Å². The number of carbonyl (C=O) groups excluding carboxylic acids is 3. The van der Waals surface area contributed by atoms with E-state index < -0.39 is 46.5 Å². The highest BCUT2D eigenvalue weighted by atomic mass is 32.2. The lowest BCUT2D eigenvalue weighted by molar-refractivity contribution is -0.155. The fourth-order valence-electron chi connectivity index (χ4n) is 2.63. The quantitative estimate of drug-likeness (QED) is 0.513. The Kier molecular flexibility index (Phi) is 11.1. The molecule has 1 aromatic carbocycles. The molecule has 0 heterocycles. The van der Waals surface area contributed by atoms with Gasteiger partial charge in [-0.2, -0.15) is 0 Å². The van der Waals surface area contributed by atoms with Crippen molar-refractivity contribution in [2.24, 2.45) is 5.92 Å². The molecular formula is C23H34N2O6S. The Labute approximate surface area is 192 Å². The molecule has 2 amide bonds. The summed E-state index contributed by atoms with van der Waals surface area (Å²) in [5.74, 6) is -1.24. The molecule has 9 heteroatoms. The second-order valence-corrected chi connectivity index (χ2v) is 9.93. The number of hydrogen-bond acceptors (Lipinski definition) is 6. The highest BCUT2D eigenvalue weighted by molar-refractivity contribution is 7.87. The van der Waals surface area contributed by atoms with Gasteiger partial charge in [0.2, 0.25) is 5.91 Å². The third kappa shape index (κ3) is 11.6. The van der Waals surface area contributed by atoms with Crippen LogP contribution in [0.3, 0.4) is 0 Å². The summed E-state index contributed by atoms with van der Waals surface area (Å²) in [5.41, 5.74) is 0.149. The van der Waals surface area contributed by atoms with Crippen molar-refractivity contribution in [1.82, 2.24) is 10.6 Å². The van der Waals surface area contributed by atoms with E-state index in [9.17, 15) is 18.6 Å². The minimum atomic E-state index is -1.26. The van der Waals surface area contributed by atoms with E-state index in [1.165, 1.54) is 17.7 Å². The molecule has 0 aliphatic rings. The summed E-state index contributed by atoms with van der Waals surface area (Å²) in [6.45, 7) is 8.87. The molecule has 0 saturated carbocycles. The second kappa shape index (κ2) is 13.0. The summed E-state index contributed by atoms with van der Waals surface area (Å²) in [6, 6.07) is 7.55. The predicted octanol–water partition coefficient (Wildman–Crippen LogP) is 3.05. The van der Waals surface area contributed by atoms with E-state index in [4.69, 9.17) is 9.47 Å². The SMILES string of the molecule is CC(C)C(NC(=O)OCc1ccccc1)C(=O)N[C@H](/C=C/S(C)=O)CC(=O)OC(C)(C)C. The lowest BCUT2D eigenvalue weighted by Gasteiger charge is -2.25. The van der Waals surface area contributed by atoms with Crippen molar-refractivity contribution in [1.29, 1.82) is 0 Å². The smallest absolute Gasteiger partial charge is 0.408 e. The third-order valence-electron chi connectivity index (χ3n) is 4.07. The number of esters is 1. The van der Waals surface area contributed by atoms with Gasteiger partial charge in [0.05, 0.1) is 12.5 Å². The molecule has 2 unspecified atom stereocenters. The summed E-state index contributed by atoms with van der Waals surface area (Å²) in [4.78, 5) is 37.3. The van der Waals surface area contributed by atoms with E-state index >= 15 is 0 Å². The first-order chi connectivity index (χ1) is 14.9. The van der Waals surface area contributed by atoms with Crippen LogP contribution in [-0.2, 0) is 36.5 Å². The molecule has 8 nitrogen and oxygen atoms in total. The Morgan fingerprint density at radius 3 is 2.25 bits per heavy atom. The van der Waals surface area contributed by atoms with Crippen LogP contribution in [-0.4, -0.2) is 46.1 Å². The first-order valence-electron chi connectivity index (χ1n) is 10.4. The normalized spacial score (nSPS) is 14.5. The molecule has 0 radical (unpaired) electrons. The predicted molar refractivity (Wildman–Crippen MR) is 124 cm³/mol. The van der Waals surface area contributed by atoms with Crippen molar-refractivity contribution in [3.8, 4) is 0 Å². The van der Waals surface area contributed by atoms with E-state index in [2.05, 4.69) is 10.6 Å². The molecule has 1 rings (SSSR count). The Morgan fingerprint density at radius 2 is 1.72 bits per heavy atom. The molecule has 0 bridgehead atoms. The summed E-state index contributed by atoms with van der Waals surface area (Å²) < 4.78 is 22.0. The summed E-state index contributed by atoms with van der Waals surface area (Å²) in [5, 5.41) is 6.68. The topological polar surface area (TPSA) is 111 Å². The van der Waals surface area contributed by atoms with Crippen molar-refractivity contribution in [3.05, 3.63) is 47.4 Å². The molecule has 2 N–H and O–H groups in total. The maximum atomic E-state index is 12.9. The molecule has 3 atom stereocenters. The first-order valence-corrected chi connectivity index (χ1v) is 12.0. The molecule has 0 aromatic heterocycles. The van der Waals surface area contributed by atoms with Crippen LogP contribution in [0.15, 0.2) is 41.8 Å². The number of carbonyl (C=O) groups is 3. The molecule has 178 valence electrons. The van der Waals surface area contributed by atoms with Gasteiger partial charge in [-0.1, -0.05) is 50.3 Å². The van der Waals surface area contributed by atoms with Crippen LogP contribution < -0.4 is 10.6 Å². The molecular weight excluding hydrogens is 432 g/mol. The van der Waals surface area contributed by atoms with Gasteiger partial charge in [-0.3, -0.25) is 13.8 Å². The molecule has 1 aromatic rings. The first kappa shape index (κ1) is 27.4. The number of amides is 2. The second-order valence-electron chi connectivity index (χ2n) is 8.66. The monoisotopic (exact) mass is 466 g/mol. The number of rotatable bonds is 10. The van der Waals surface area contributed by atoms with Crippen LogP contribution in [0.25, 0.3) is 0 Å². The molecule has 0 spiro atoms. The van der Waals surface area contributed by atoms with Crippen LogP contribution in [0, 0.1) is 5.92 Å². The number of hydrogen-bond donors (Lipinski definition) is 2. The number of ether oxygens (including phenoxy) is 2. The number of alkyl carbamates (subject to hydrolysis) is 1. The van der Waals surface area contributed by atoms with Crippen molar-refractivity contribution in [3.63, 3.8) is 0 Å². The highest BCUT2D eigenvalue weighted by Gasteiger charge is 2.28. The Hall–Kier alpha value is -2.68. The van der Waals surface area contributed by atoms with Gasteiger partial charge in [0.1, 0.15) is 18.2 Å². The van der Waals surface area contributed by atoms with Gasteiger partial charge in [0.25, 0.3) is 0 Å². The summed E-state index contributed by atoms with van der Waals surface area (Å²) >= 11 is 0. The lowest BCUT2D eigenvalue weighted by Crippen LogP contribution is -2.52. The Bertz CT molecular complexity index is 818. The van der Waals surface area contributed by atoms with Gasteiger partial charge in [-0.05, 0) is 32.3 Å². The van der Waals surface area contributed by atoms with Gasteiger partial charge < -0.3 is 20.1 Å². The van der Waals surface area contributed by atoms with Crippen molar-refractivity contribution in [2.45, 2.75) is 65.3 Å². The zero-order valence-corrected chi connectivity index (χ0v) is 20.4. The minimum absolute atomic E-state index is 0.0748. The average molecular weight is 467 g/mol. The zero-order chi connectivity index (χ0) is 24.3. The van der Waals surface area contributed by atoms with Crippen LogP contribution in [0.2, 0.25) is 0 Å². The summed E-state index contributed by atoms with van der Waals surface area (Å²) in [6.07, 6.45) is 2.10. The third-order valence-corrected chi connectivity index (χ3v) is 4.61. The lowest BCUT2D eigenvalue weighted by atomic mass is 10.0. The summed E-state index contributed by atoms with van der Waals surface area (Å²) in [7, 11) is -1.26. The van der Waals surface area contributed by atoms with Gasteiger partial charge in [-0.15, -0.1) is 0 Å². The highest BCUT2D eigenvalue weighted by Crippen LogP contribution is 2.11. The van der Waals surface area contributed by atoms with Crippen molar-refractivity contribution >= 4 is 28.8 Å². The van der Waals surface area contributed by atoms with Gasteiger partial charge in [-0.25, -0.2) is 4.79 Å². The van der Waals surface area contributed by atoms with Gasteiger partial charge in [0.15, 0.2) is 0 Å². The van der Waals surface area contributed by atoms with Crippen molar-refractivity contribution in [2.75, 3.05) is 6.26 Å². The van der Waals surface area contributed by atoms with Gasteiger partial charge in [0, 0.05) is 22.5 Å². The Morgan fingerprint density at radius 1 is 1.09 bits per heavy atom. The fourth-order valence-corrected chi connectivity index (χ4v) is 3.05. The molecule has 32 heavy (non-hydrogen) atoms. The maximum absolute atomic E-state index is 12.9. The van der Waals surface area contributed by atoms with E-state index in [0.717, 1.165) is 5.56 Å². The minimum Gasteiger partial charge on any atom is -0.460 e. The maximum Gasteiger partial charge on any atom is 0.408 e. The molecule has 0 aliphatic heterocycles. The fraction of sp³-hybridized carbons (Fsp3) is 0.522. The number of benzene rings is 1. The van der Waals surface area contributed by atoms with Crippen molar-refractivity contribution < 1.29 is 28.1 Å². The zero-order valence-electron chi connectivity index (χ0n) is 19.5. The van der Waals surface area contributed by atoms with E-state index in [-0.39, 0.29) is 18.9 Å². The van der Waals surface area contributed by atoms with Crippen LogP contribution in [0.1, 0.15) is 46.6 Å². The number of nitrogens with one attached hydrogen (secondary N) is 2. The average Bonchev–Trinajstić information content (AvgIpc) is 2.67.